The third kappa shape index (κ3) is 3.30. The highest BCUT2D eigenvalue weighted by Gasteiger charge is 2.27. The maximum absolute atomic E-state index is 6.04. The van der Waals surface area contributed by atoms with E-state index in [-0.39, 0.29) is 0 Å². The lowest BCUT2D eigenvalue weighted by Gasteiger charge is -2.20. The van der Waals surface area contributed by atoms with Gasteiger partial charge in [0, 0.05) is 24.8 Å². The molecule has 1 aliphatic rings. The number of hydrogen-bond acceptors (Lipinski definition) is 3. The second-order valence-electron chi connectivity index (χ2n) is 4.98. The number of likely N-dealkylation sites (N-methyl/N-ethyl adjacent to an activating group) is 1. The topological polar surface area (TPSA) is 41.3 Å². The molecule has 1 saturated carbocycles. The summed E-state index contributed by atoms with van der Waals surface area (Å²) in [6.07, 6.45) is 2.72. The van der Waals surface area contributed by atoms with E-state index in [9.17, 15) is 0 Å². The minimum absolute atomic E-state index is 0.623. The highest BCUT2D eigenvalue weighted by atomic mass is 35.5. The zero-order chi connectivity index (χ0) is 13.1. The normalized spacial score (nSPS) is 15.1. The first-order chi connectivity index (χ1) is 8.61. The van der Waals surface area contributed by atoms with Gasteiger partial charge in [-0.25, -0.2) is 0 Å². The van der Waals surface area contributed by atoms with Crippen molar-refractivity contribution in [3.8, 4) is 0 Å². The fourth-order valence-electron chi connectivity index (χ4n) is 2.27. The molecule has 0 unspecified atom stereocenters. The number of nitrogens with zero attached hydrogens (tertiary/aromatic N) is 1. The highest BCUT2D eigenvalue weighted by molar-refractivity contribution is 6.33. The Bertz CT molecular complexity index is 416. The van der Waals surface area contributed by atoms with Crippen LogP contribution in [0.15, 0.2) is 12.1 Å². The molecule has 0 aliphatic heterocycles. The molecule has 0 spiro atoms. The second-order valence-corrected chi connectivity index (χ2v) is 5.38. The van der Waals surface area contributed by atoms with E-state index in [2.05, 4.69) is 17.1 Å². The van der Waals surface area contributed by atoms with Gasteiger partial charge in [-0.15, -0.1) is 0 Å². The summed E-state index contributed by atoms with van der Waals surface area (Å²) in [6, 6.07) is 4.66. The quantitative estimate of drug-likeness (QED) is 0.778. The molecule has 1 fully saturated rings. The Morgan fingerprint density at radius 2 is 2.17 bits per heavy atom. The molecule has 0 atom stereocenters. The third-order valence-corrected chi connectivity index (χ3v) is 3.85. The van der Waals surface area contributed by atoms with Crippen LogP contribution in [0.25, 0.3) is 0 Å². The minimum atomic E-state index is 0.623. The molecule has 0 bridgehead atoms. The summed E-state index contributed by atoms with van der Waals surface area (Å²) in [5, 5.41) is 4.07. The van der Waals surface area contributed by atoms with E-state index in [0.29, 0.717) is 10.7 Å². The van der Waals surface area contributed by atoms with Crippen LogP contribution in [0.5, 0.6) is 0 Å². The van der Waals surface area contributed by atoms with Crippen LogP contribution in [0.4, 0.5) is 11.4 Å². The molecule has 18 heavy (non-hydrogen) atoms. The van der Waals surface area contributed by atoms with E-state index in [4.69, 9.17) is 17.3 Å². The lowest BCUT2D eigenvalue weighted by molar-refractivity contribution is 0.289. The van der Waals surface area contributed by atoms with Gasteiger partial charge in [0.05, 0.1) is 10.7 Å². The highest BCUT2D eigenvalue weighted by Crippen LogP contribution is 2.27. The van der Waals surface area contributed by atoms with Crippen molar-refractivity contribution in [2.24, 2.45) is 0 Å². The summed E-state index contributed by atoms with van der Waals surface area (Å²) >= 11 is 6.04. The summed E-state index contributed by atoms with van der Waals surface area (Å²) in [5.41, 5.74) is 8.64. The molecule has 1 aromatic rings. The van der Waals surface area contributed by atoms with Crippen molar-refractivity contribution in [1.82, 2.24) is 4.90 Å². The Morgan fingerprint density at radius 1 is 1.44 bits per heavy atom. The van der Waals surface area contributed by atoms with Crippen LogP contribution in [-0.2, 0) is 0 Å². The van der Waals surface area contributed by atoms with Crippen molar-refractivity contribution in [3.05, 3.63) is 22.7 Å². The van der Waals surface area contributed by atoms with E-state index >= 15 is 0 Å². The Kier molecular flexibility index (Phi) is 4.36. The number of rotatable bonds is 6. The average molecular weight is 268 g/mol. The van der Waals surface area contributed by atoms with Crippen LogP contribution >= 0.6 is 11.6 Å². The standard InChI is InChI=1S/C14H22ClN3/c1-3-18(11-4-5-11)7-6-17-14-9-12(15)13(16)8-10(14)2/h8-9,11,17H,3-7,16H2,1-2H3. The number of benzene rings is 1. The molecule has 1 aliphatic carbocycles. The van der Waals surface area contributed by atoms with Crippen molar-refractivity contribution < 1.29 is 0 Å². The fraction of sp³-hybridized carbons (Fsp3) is 0.571. The van der Waals surface area contributed by atoms with Crippen LogP contribution < -0.4 is 11.1 Å². The van der Waals surface area contributed by atoms with Gasteiger partial charge in [0.1, 0.15) is 0 Å². The zero-order valence-corrected chi connectivity index (χ0v) is 11.9. The zero-order valence-electron chi connectivity index (χ0n) is 11.2. The van der Waals surface area contributed by atoms with Crippen molar-refractivity contribution in [2.75, 3.05) is 30.7 Å². The van der Waals surface area contributed by atoms with Crippen LogP contribution in [-0.4, -0.2) is 30.6 Å². The molecule has 0 aromatic heterocycles. The molecule has 0 heterocycles. The van der Waals surface area contributed by atoms with Gasteiger partial charge < -0.3 is 11.1 Å². The van der Waals surface area contributed by atoms with Gasteiger partial charge in [-0.2, -0.15) is 0 Å². The molecule has 0 saturated heterocycles. The monoisotopic (exact) mass is 267 g/mol. The van der Waals surface area contributed by atoms with E-state index in [1.165, 1.54) is 12.8 Å². The molecular weight excluding hydrogens is 246 g/mol. The van der Waals surface area contributed by atoms with Gasteiger partial charge in [0.25, 0.3) is 0 Å². The lowest BCUT2D eigenvalue weighted by atomic mass is 10.2. The first kappa shape index (κ1) is 13.5. The summed E-state index contributed by atoms with van der Waals surface area (Å²) in [6.45, 7) is 7.44. The van der Waals surface area contributed by atoms with Gasteiger partial charge in [-0.3, -0.25) is 4.90 Å². The van der Waals surface area contributed by atoms with Crippen LogP contribution in [0.1, 0.15) is 25.3 Å². The summed E-state index contributed by atoms with van der Waals surface area (Å²) in [5.74, 6) is 0. The summed E-state index contributed by atoms with van der Waals surface area (Å²) in [4.78, 5) is 2.53. The van der Waals surface area contributed by atoms with Gasteiger partial charge in [0.15, 0.2) is 0 Å². The van der Waals surface area contributed by atoms with E-state index in [1.54, 1.807) is 0 Å². The van der Waals surface area contributed by atoms with E-state index in [0.717, 1.165) is 36.9 Å². The summed E-state index contributed by atoms with van der Waals surface area (Å²) in [7, 11) is 0. The smallest absolute Gasteiger partial charge is 0.0656 e. The molecule has 0 amide bonds. The van der Waals surface area contributed by atoms with Crippen LogP contribution in [0.3, 0.4) is 0 Å². The van der Waals surface area contributed by atoms with Crippen molar-refractivity contribution in [2.45, 2.75) is 32.7 Å². The number of hydrogen-bond donors (Lipinski definition) is 2. The number of halogens is 1. The molecule has 3 N–H and O–H groups in total. The van der Waals surface area contributed by atoms with Crippen LogP contribution in [0, 0.1) is 6.92 Å². The van der Waals surface area contributed by atoms with Crippen molar-refractivity contribution >= 4 is 23.0 Å². The predicted octanol–water partition coefficient (Wildman–Crippen LogP) is 3.13. The Balaban J connectivity index is 1.87. The van der Waals surface area contributed by atoms with Crippen molar-refractivity contribution in [3.63, 3.8) is 0 Å². The van der Waals surface area contributed by atoms with Gasteiger partial charge in [0.2, 0.25) is 0 Å². The number of nitrogens with two attached hydrogens (primary N) is 1. The Morgan fingerprint density at radius 3 is 2.78 bits per heavy atom. The first-order valence-corrected chi connectivity index (χ1v) is 7.03. The molecule has 2 rings (SSSR count). The maximum atomic E-state index is 6.04. The lowest BCUT2D eigenvalue weighted by Crippen LogP contribution is -2.31. The maximum Gasteiger partial charge on any atom is 0.0656 e. The average Bonchev–Trinajstić information content (AvgIpc) is 3.15. The van der Waals surface area contributed by atoms with Crippen LogP contribution in [0.2, 0.25) is 5.02 Å². The molecule has 3 nitrogen and oxygen atoms in total. The largest absolute Gasteiger partial charge is 0.398 e. The van der Waals surface area contributed by atoms with Gasteiger partial charge >= 0.3 is 0 Å². The molecule has 4 heteroatoms. The SMILES string of the molecule is CCN(CCNc1cc(Cl)c(N)cc1C)C1CC1. The number of aryl methyl sites for hydroxylation is 1. The van der Waals surface area contributed by atoms with Gasteiger partial charge in [-0.1, -0.05) is 18.5 Å². The predicted molar refractivity (Wildman–Crippen MR) is 79.4 cm³/mol. The molecule has 0 radical (unpaired) electrons. The molecule has 100 valence electrons. The van der Waals surface area contributed by atoms with Gasteiger partial charge in [-0.05, 0) is 44.0 Å². The first-order valence-electron chi connectivity index (χ1n) is 6.65. The molecule has 1 aromatic carbocycles. The minimum Gasteiger partial charge on any atom is -0.398 e. The number of anilines is 2. The van der Waals surface area contributed by atoms with E-state index < -0.39 is 0 Å². The third-order valence-electron chi connectivity index (χ3n) is 3.53. The molecular formula is C14H22ClN3. The Labute approximate surface area is 114 Å². The summed E-state index contributed by atoms with van der Waals surface area (Å²) < 4.78 is 0. The van der Waals surface area contributed by atoms with E-state index in [1.807, 2.05) is 19.1 Å². The Hall–Kier alpha value is -0.930. The fourth-order valence-corrected chi connectivity index (χ4v) is 2.43. The number of nitrogens with one attached hydrogen (secondary N) is 1. The number of nitrogen functional groups attached to an aromatic ring is 1. The second kappa shape index (κ2) is 5.81. The van der Waals surface area contributed by atoms with Crippen molar-refractivity contribution in [1.29, 1.82) is 0 Å².